The third-order valence-electron chi connectivity index (χ3n) is 5.56. The molecule has 4 rings (SSSR count). The number of fused-ring (bicyclic) bond motifs is 5. The molecule has 1 aromatic rings. The van der Waals surface area contributed by atoms with Gasteiger partial charge in [-0.3, -0.25) is 29.4 Å². The Labute approximate surface area is 149 Å². The van der Waals surface area contributed by atoms with Crippen molar-refractivity contribution in [1.29, 1.82) is 0 Å². The maximum Gasteiger partial charge on any atom is 0.269 e. The van der Waals surface area contributed by atoms with Crippen LogP contribution in [-0.2, 0) is 14.4 Å². The Bertz CT molecular complexity index is 848. The lowest BCUT2D eigenvalue weighted by Gasteiger charge is -2.17. The van der Waals surface area contributed by atoms with E-state index in [1.807, 2.05) is 12.2 Å². The maximum absolute atomic E-state index is 12.6. The number of hydrogen-bond donors (Lipinski definition) is 1. The summed E-state index contributed by atoms with van der Waals surface area (Å²) < 4.78 is 0. The Balaban J connectivity index is 1.45. The lowest BCUT2D eigenvalue weighted by molar-refractivity contribution is -0.384. The number of carbonyl (C=O) groups excluding carboxylic acids is 3. The molecule has 1 saturated heterocycles. The van der Waals surface area contributed by atoms with Gasteiger partial charge in [0.25, 0.3) is 5.69 Å². The first-order chi connectivity index (χ1) is 12.4. The minimum atomic E-state index is -0.513. The lowest BCUT2D eigenvalue weighted by Crippen LogP contribution is -2.39. The number of allylic oxidation sites excluding steroid dienone is 2. The van der Waals surface area contributed by atoms with Crippen molar-refractivity contribution in [2.75, 3.05) is 11.9 Å². The zero-order valence-corrected chi connectivity index (χ0v) is 14.0. The Morgan fingerprint density at radius 2 is 1.85 bits per heavy atom. The van der Waals surface area contributed by atoms with E-state index < -0.39 is 10.8 Å². The number of hydrogen-bond acceptors (Lipinski definition) is 5. The molecular formula is C18H17N3O5. The third-order valence-corrected chi connectivity index (χ3v) is 5.56. The number of non-ortho nitro benzene ring substituents is 1. The summed E-state index contributed by atoms with van der Waals surface area (Å²) in [5.74, 6) is -1.49. The molecule has 8 heteroatoms. The molecule has 3 aliphatic rings. The Kier molecular flexibility index (Phi) is 3.64. The fourth-order valence-electron chi connectivity index (χ4n) is 4.35. The van der Waals surface area contributed by atoms with Crippen molar-refractivity contribution in [2.24, 2.45) is 23.7 Å². The smallest absolute Gasteiger partial charge is 0.269 e. The number of rotatable bonds is 4. The first-order valence-electron chi connectivity index (χ1n) is 8.45. The number of imide groups is 1. The molecule has 3 amide bonds. The van der Waals surface area contributed by atoms with Crippen LogP contribution in [-0.4, -0.2) is 34.1 Å². The number of anilines is 1. The molecule has 134 valence electrons. The molecule has 8 nitrogen and oxygen atoms in total. The Hall–Kier alpha value is -3.03. The molecule has 2 fully saturated rings. The minimum Gasteiger partial charge on any atom is -0.324 e. The number of aryl methyl sites for hydroxylation is 1. The second-order valence-corrected chi connectivity index (χ2v) is 7.07. The van der Waals surface area contributed by atoms with Crippen molar-refractivity contribution in [3.63, 3.8) is 0 Å². The molecule has 0 spiro atoms. The summed E-state index contributed by atoms with van der Waals surface area (Å²) in [5, 5.41) is 13.4. The van der Waals surface area contributed by atoms with Gasteiger partial charge in [-0.1, -0.05) is 12.2 Å². The summed E-state index contributed by atoms with van der Waals surface area (Å²) in [5.41, 5.74) is 0.883. The average molecular weight is 355 g/mol. The van der Waals surface area contributed by atoms with Crippen molar-refractivity contribution in [2.45, 2.75) is 13.3 Å². The van der Waals surface area contributed by atoms with Crippen LogP contribution in [0.5, 0.6) is 0 Å². The van der Waals surface area contributed by atoms with Crippen LogP contribution in [0.25, 0.3) is 0 Å². The van der Waals surface area contributed by atoms with Gasteiger partial charge in [0, 0.05) is 17.8 Å². The number of nitro groups is 1. The van der Waals surface area contributed by atoms with Crippen molar-refractivity contribution < 1.29 is 19.3 Å². The molecule has 1 aliphatic heterocycles. The zero-order valence-electron chi connectivity index (χ0n) is 14.0. The summed E-state index contributed by atoms with van der Waals surface area (Å²) in [4.78, 5) is 48.8. The molecule has 2 bridgehead atoms. The lowest BCUT2D eigenvalue weighted by atomic mass is 9.85. The highest BCUT2D eigenvalue weighted by atomic mass is 16.6. The number of likely N-dealkylation sites (tertiary alicyclic amines) is 1. The predicted molar refractivity (Wildman–Crippen MR) is 90.9 cm³/mol. The SMILES string of the molecule is Cc1cc([N+](=O)[O-])ccc1NC(=O)CN1C(=O)[C@@H]2[C@H](C1=O)[C@@H]1C=C[C@H]2C1. The van der Waals surface area contributed by atoms with Crippen molar-refractivity contribution in [3.05, 3.63) is 46.0 Å². The van der Waals surface area contributed by atoms with Crippen LogP contribution in [0.15, 0.2) is 30.4 Å². The van der Waals surface area contributed by atoms with Crippen LogP contribution in [0.1, 0.15) is 12.0 Å². The molecule has 1 N–H and O–H groups in total. The van der Waals surface area contributed by atoms with E-state index >= 15 is 0 Å². The van der Waals surface area contributed by atoms with Gasteiger partial charge in [0.15, 0.2) is 0 Å². The van der Waals surface area contributed by atoms with Gasteiger partial charge < -0.3 is 5.32 Å². The normalized spacial score (nSPS) is 28.6. The Morgan fingerprint density at radius 1 is 1.23 bits per heavy atom. The number of nitro benzene ring substituents is 1. The van der Waals surface area contributed by atoms with Crippen molar-refractivity contribution in [3.8, 4) is 0 Å². The van der Waals surface area contributed by atoms with Gasteiger partial charge in [-0.05, 0) is 36.8 Å². The van der Waals surface area contributed by atoms with E-state index in [2.05, 4.69) is 5.32 Å². The highest BCUT2D eigenvalue weighted by Gasteiger charge is 2.59. The highest BCUT2D eigenvalue weighted by Crippen LogP contribution is 2.52. The minimum absolute atomic E-state index is 0.0683. The van der Waals surface area contributed by atoms with E-state index in [9.17, 15) is 24.5 Å². The molecule has 0 aromatic heterocycles. The molecule has 4 atom stereocenters. The monoisotopic (exact) mass is 355 g/mol. The fourth-order valence-corrected chi connectivity index (χ4v) is 4.35. The van der Waals surface area contributed by atoms with Crippen LogP contribution in [0.2, 0.25) is 0 Å². The van der Waals surface area contributed by atoms with Crippen LogP contribution < -0.4 is 5.32 Å². The first kappa shape index (κ1) is 16.4. The topological polar surface area (TPSA) is 110 Å². The second-order valence-electron chi connectivity index (χ2n) is 7.07. The number of amides is 3. The van der Waals surface area contributed by atoms with E-state index in [-0.39, 0.29) is 47.7 Å². The molecule has 1 heterocycles. The van der Waals surface area contributed by atoms with Gasteiger partial charge in [0.05, 0.1) is 16.8 Å². The second kappa shape index (κ2) is 5.76. The summed E-state index contributed by atoms with van der Waals surface area (Å²) in [6.07, 6.45) is 4.84. The average Bonchev–Trinajstić information content (AvgIpc) is 3.26. The van der Waals surface area contributed by atoms with E-state index in [1.165, 1.54) is 18.2 Å². The third kappa shape index (κ3) is 2.40. The molecule has 26 heavy (non-hydrogen) atoms. The van der Waals surface area contributed by atoms with Crippen LogP contribution in [0.4, 0.5) is 11.4 Å². The maximum atomic E-state index is 12.6. The summed E-state index contributed by atoms with van der Waals surface area (Å²) in [6.45, 7) is 1.31. The highest BCUT2D eigenvalue weighted by molar-refractivity contribution is 6.09. The van der Waals surface area contributed by atoms with Crippen LogP contribution >= 0.6 is 0 Å². The molecule has 1 aromatic carbocycles. The molecule has 1 saturated carbocycles. The van der Waals surface area contributed by atoms with Gasteiger partial charge in [-0.15, -0.1) is 0 Å². The number of nitrogens with zero attached hydrogens (tertiary/aromatic N) is 2. The zero-order chi connectivity index (χ0) is 18.6. The number of nitrogens with one attached hydrogen (secondary N) is 1. The van der Waals surface area contributed by atoms with E-state index in [4.69, 9.17) is 0 Å². The van der Waals surface area contributed by atoms with Gasteiger partial charge >= 0.3 is 0 Å². The van der Waals surface area contributed by atoms with Crippen molar-refractivity contribution in [1.82, 2.24) is 4.90 Å². The van der Waals surface area contributed by atoms with Gasteiger partial charge in [0.2, 0.25) is 17.7 Å². The van der Waals surface area contributed by atoms with E-state index in [0.29, 0.717) is 11.3 Å². The van der Waals surface area contributed by atoms with E-state index in [0.717, 1.165) is 11.3 Å². The number of carbonyl (C=O) groups is 3. The Morgan fingerprint density at radius 3 is 2.38 bits per heavy atom. The van der Waals surface area contributed by atoms with E-state index in [1.54, 1.807) is 6.92 Å². The molecule has 2 aliphatic carbocycles. The standard InChI is InChI=1S/C18H17N3O5/c1-9-6-12(21(25)26)4-5-13(9)19-14(22)8-20-17(23)15-10-2-3-11(7-10)16(15)18(20)24/h2-6,10-11,15-16H,7-8H2,1H3,(H,19,22)/t10-,11+,15-,16+. The molecular weight excluding hydrogens is 338 g/mol. The molecule has 0 unspecified atom stereocenters. The number of benzene rings is 1. The largest absolute Gasteiger partial charge is 0.324 e. The molecule has 0 radical (unpaired) electrons. The summed E-state index contributed by atoms with van der Waals surface area (Å²) in [6, 6.07) is 4.09. The quantitative estimate of drug-likeness (QED) is 0.382. The predicted octanol–water partition coefficient (Wildman–Crippen LogP) is 1.65. The fraction of sp³-hybridized carbons (Fsp3) is 0.389. The summed E-state index contributed by atoms with van der Waals surface area (Å²) in [7, 11) is 0. The van der Waals surface area contributed by atoms with Crippen molar-refractivity contribution >= 4 is 29.1 Å². The summed E-state index contributed by atoms with van der Waals surface area (Å²) >= 11 is 0. The van der Waals surface area contributed by atoms with Crippen LogP contribution in [0.3, 0.4) is 0 Å². The van der Waals surface area contributed by atoms with Gasteiger partial charge in [-0.2, -0.15) is 0 Å². The van der Waals surface area contributed by atoms with Gasteiger partial charge in [-0.25, -0.2) is 0 Å². The first-order valence-corrected chi connectivity index (χ1v) is 8.45. The van der Waals surface area contributed by atoms with Crippen LogP contribution in [0, 0.1) is 40.7 Å². The van der Waals surface area contributed by atoms with Gasteiger partial charge in [0.1, 0.15) is 6.54 Å².